The summed E-state index contributed by atoms with van der Waals surface area (Å²) in [5.41, 5.74) is 6.58. The molecule has 0 aliphatic heterocycles. The molecule has 3 fully saturated rings. The molecular weight excluding hydrogens is 360 g/mol. The lowest BCUT2D eigenvalue weighted by molar-refractivity contribution is -0.116. The number of hydrogen-bond acceptors (Lipinski definition) is 0. The summed E-state index contributed by atoms with van der Waals surface area (Å²) in [7, 11) is 0. The van der Waals surface area contributed by atoms with Gasteiger partial charge >= 0.3 is 0 Å². The van der Waals surface area contributed by atoms with Crippen molar-refractivity contribution >= 4 is 0 Å². The van der Waals surface area contributed by atoms with Crippen molar-refractivity contribution in [1.82, 2.24) is 0 Å². The first-order valence-corrected chi connectivity index (χ1v) is 13.6. The second kappa shape index (κ2) is 6.41. The van der Waals surface area contributed by atoms with E-state index < -0.39 is 0 Å². The Hall–Kier alpha value is -0.260. The molecule has 0 aromatic carbocycles. The summed E-state index contributed by atoms with van der Waals surface area (Å²) in [4.78, 5) is 0. The molecule has 0 heterocycles. The van der Waals surface area contributed by atoms with Crippen LogP contribution in [0.25, 0.3) is 0 Å². The Balaban J connectivity index is 1.58. The van der Waals surface area contributed by atoms with Crippen molar-refractivity contribution in [2.75, 3.05) is 0 Å². The van der Waals surface area contributed by atoms with Gasteiger partial charge in [0.25, 0.3) is 0 Å². The van der Waals surface area contributed by atoms with Crippen LogP contribution in [0.15, 0.2) is 11.1 Å². The van der Waals surface area contributed by atoms with E-state index >= 15 is 0 Å². The zero-order chi connectivity index (χ0) is 21.7. The Labute approximate surface area is 188 Å². The topological polar surface area (TPSA) is 0 Å². The Morgan fingerprint density at radius 2 is 1.43 bits per heavy atom. The zero-order valence-electron chi connectivity index (χ0n) is 21.6. The molecule has 170 valence electrons. The van der Waals surface area contributed by atoms with Gasteiger partial charge in [-0.1, -0.05) is 73.0 Å². The van der Waals surface area contributed by atoms with Crippen molar-refractivity contribution in [3.63, 3.8) is 0 Å². The Bertz CT molecular complexity index is 754. The van der Waals surface area contributed by atoms with E-state index in [0.29, 0.717) is 27.1 Å². The molecule has 5 rings (SSSR count). The lowest BCUT2D eigenvalue weighted by atomic mass is 9.37. The SMILES string of the molecule is CC(C)[C@H]1CC[C@@H]2[C@]1(C)CC[C@]1(C)C3=C(CC[C@@]21C)[C@@]1(C)CCCC(C)(C)[C@H]1CC3. The van der Waals surface area contributed by atoms with E-state index in [2.05, 4.69) is 55.4 Å². The second-order valence-corrected chi connectivity index (χ2v) is 14.5. The van der Waals surface area contributed by atoms with Crippen molar-refractivity contribution in [3.05, 3.63) is 11.1 Å². The first-order chi connectivity index (χ1) is 13.9. The highest BCUT2D eigenvalue weighted by molar-refractivity contribution is 5.38. The third kappa shape index (κ3) is 2.46. The summed E-state index contributed by atoms with van der Waals surface area (Å²) in [6, 6.07) is 0. The van der Waals surface area contributed by atoms with Crippen molar-refractivity contribution in [2.24, 2.45) is 50.7 Å². The molecule has 0 unspecified atom stereocenters. The van der Waals surface area contributed by atoms with Gasteiger partial charge in [-0.25, -0.2) is 0 Å². The summed E-state index contributed by atoms with van der Waals surface area (Å²) >= 11 is 0. The van der Waals surface area contributed by atoms with Crippen LogP contribution in [0, 0.1) is 50.7 Å². The maximum Gasteiger partial charge on any atom is -0.00566 e. The summed E-state index contributed by atoms with van der Waals surface area (Å²) < 4.78 is 0. The quantitative estimate of drug-likeness (QED) is 0.378. The number of rotatable bonds is 1. The third-order valence-electron chi connectivity index (χ3n) is 12.9. The molecule has 7 atom stereocenters. The summed E-state index contributed by atoms with van der Waals surface area (Å²) in [6.45, 7) is 21.1. The lowest BCUT2D eigenvalue weighted by Crippen LogP contribution is -2.58. The minimum Gasteiger partial charge on any atom is -0.0642 e. The molecule has 5 aliphatic rings. The van der Waals surface area contributed by atoms with Crippen LogP contribution in [0.4, 0.5) is 0 Å². The maximum absolute atomic E-state index is 2.76. The molecule has 0 aromatic rings. The zero-order valence-corrected chi connectivity index (χ0v) is 21.6. The van der Waals surface area contributed by atoms with Gasteiger partial charge in [0.2, 0.25) is 0 Å². The summed E-state index contributed by atoms with van der Waals surface area (Å²) in [5, 5.41) is 0. The first-order valence-electron chi connectivity index (χ1n) is 13.6. The van der Waals surface area contributed by atoms with Crippen molar-refractivity contribution in [3.8, 4) is 0 Å². The van der Waals surface area contributed by atoms with E-state index in [1.807, 2.05) is 11.1 Å². The minimum atomic E-state index is 0.464. The maximum atomic E-state index is 2.76. The normalized spacial score (nSPS) is 52.5. The van der Waals surface area contributed by atoms with Crippen LogP contribution in [0.5, 0.6) is 0 Å². The molecular formula is C30H50. The smallest absolute Gasteiger partial charge is 0.00566 e. The van der Waals surface area contributed by atoms with Gasteiger partial charge in [-0.3, -0.25) is 0 Å². The Morgan fingerprint density at radius 3 is 2.13 bits per heavy atom. The van der Waals surface area contributed by atoms with E-state index in [-0.39, 0.29) is 0 Å². The minimum absolute atomic E-state index is 0.464. The summed E-state index contributed by atoms with van der Waals surface area (Å²) in [5.74, 6) is 3.66. The Kier molecular flexibility index (Phi) is 4.61. The molecule has 0 N–H and O–H groups in total. The first kappa shape index (κ1) is 21.6. The molecule has 5 aliphatic carbocycles. The van der Waals surface area contributed by atoms with Crippen molar-refractivity contribution in [2.45, 2.75) is 126 Å². The number of allylic oxidation sites excluding steroid dienone is 2. The fourth-order valence-corrected chi connectivity index (χ4v) is 11.3. The van der Waals surface area contributed by atoms with Gasteiger partial charge in [0.1, 0.15) is 0 Å². The van der Waals surface area contributed by atoms with Gasteiger partial charge in [0.05, 0.1) is 0 Å². The van der Waals surface area contributed by atoms with Crippen LogP contribution >= 0.6 is 0 Å². The predicted octanol–water partition coefficient (Wildman–Crippen LogP) is 9.20. The van der Waals surface area contributed by atoms with Crippen LogP contribution in [0.2, 0.25) is 0 Å². The van der Waals surface area contributed by atoms with E-state index in [9.17, 15) is 0 Å². The predicted molar refractivity (Wildman–Crippen MR) is 129 cm³/mol. The summed E-state index contributed by atoms with van der Waals surface area (Å²) in [6.07, 6.45) is 16.1. The highest BCUT2D eigenvalue weighted by atomic mass is 14.7. The van der Waals surface area contributed by atoms with Gasteiger partial charge in [-0.15, -0.1) is 0 Å². The van der Waals surface area contributed by atoms with Gasteiger partial charge in [0.15, 0.2) is 0 Å². The highest BCUT2D eigenvalue weighted by Crippen LogP contribution is 2.75. The van der Waals surface area contributed by atoms with Crippen LogP contribution in [0.1, 0.15) is 126 Å². The molecule has 0 spiro atoms. The molecule has 0 bridgehead atoms. The van der Waals surface area contributed by atoms with E-state index in [0.717, 1.165) is 23.7 Å². The largest absolute Gasteiger partial charge is 0.0642 e. The average Bonchev–Trinajstić information content (AvgIpc) is 3.01. The van der Waals surface area contributed by atoms with Crippen molar-refractivity contribution < 1.29 is 0 Å². The van der Waals surface area contributed by atoms with Gasteiger partial charge in [-0.2, -0.15) is 0 Å². The molecule has 0 aromatic heterocycles. The van der Waals surface area contributed by atoms with Gasteiger partial charge in [-0.05, 0) is 115 Å². The van der Waals surface area contributed by atoms with Crippen LogP contribution in [-0.4, -0.2) is 0 Å². The molecule has 0 nitrogen and oxygen atoms in total. The van der Waals surface area contributed by atoms with E-state index in [4.69, 9.17) is 0 Å². The fraction of sp³-hybridized carbons (Fsp3) is 0.933. The van der Waals surface area contributed by atoms with E-state index in [1.165, 1.54) is 70.6 Å². The van der Waals surface area contributed by atoms with Crippen LogP contribution in [0.3, 0.4) is 0 Å². The fourth-order valence-electron chi connectivity index (χ4n) is 11.3. The molecule has 0 saturated heterocycles. The molecule has 0 radical (unpaired) electrons. The van der Waals surface area contributed by atoms with Gasteiger partial charge in [0, 0.05) is 0 Å². The molecule has 3 saturated carbocycles. The molecule has 0 heteroatoms. The molecule has 0 amide bonds. The highest BCUT2D eigenvalue weighted by Gasteiger charge is 2.66. The van der Waals surface area contributed by atoms with Gasteiger partial charge < -0.3 is 0 Å². The third-order valence-corrected chi connectivity index (χ3v) is 12.9. The van der Waals surface area contributed by atoms with E-state index in [1.54, 1.807) is 0 Å². The number of hydrogen-bond donors (Lipinski definition) is 0. The Morgan fingerprint density at radius 1 is 0.700 bits per heavy atom. The standard InChI is InChI=1S/C30H50/c1-20(2)21-10-13-25-28(21,6)18-19-29(7)23-11-12-24-26(3,4)15-9-16-27(24,5)22(23)14-17-30(25,29)8/h20-21,24-25H,9-19H2,1-8H3/t21-,24-,25-,27-,28-,29-,30+/m1/s1. The second-order valence-electron chi connectivity index (χ2n) is 14.5. The number of fused-ring (bicyclic) bond motifs is 6. The molecule has 30 heavy (non-hydrogen) atoms. The van der Waals surface area contributed by atoms with Crippen molar-refractivity contribution in [1.29, 1.82) is 0 Å². The monoisotopic (exact) mass is 410 g/mol. The average molecular weight is 411 g/mol. The van der Waals surface area contributed by atoms with Crippen LogP contribution in [-0.2, 0) is 0 Å². The van der Waals surface area contributed by atoms with Crippen LogP contribution < -0.4 is 0 Å². The lowest BCUT2D eigenvalue weighted by Gasteiger charge is -2.67.